The van der Waals surface area contributed by atoms with E-state index in [2.05, 4.69) is 20.3 Å². The molecule has 1 unspecified atom stereocenters. The molecule has 0 spiro atoms. The number of hydrogen-bond acceptors (Lipinski definition) is 9. The third-order valence-electron chi connectivity index (χ3n) is 5.64. The van der Waals surface area contributed by atoms with Gasteiger partial charge in [0.1, 0.15) is 17.1 Å². The maximum Gasteiger partial charge on any atom is 0.328 e. The van der Waals surface area contributed by atoms with Gasteiger partial charge in [-0.05, 0) is 23.1 Å². The van der Waals surface area contributed by atoms with Crippen LogP contribution < -0.4 is 38.3 Å². The van der Waals surface area contributed by atoms with E-state index in [1.54, 1.807) is 4.90 Å². The SMILES string of the molecule is NC(N)=NC1=NC(C(=O)O)CC(C(=O)NCc2ccc3c(c2)CN(c2c(N)c(=O)c2=O)CC3)=N1. The summed E-state index contributed by atoms with van der Waals surface area (Å²) in [5.41, 5.74) is 18.1. The fourth-order valence-electron chi connectivity index (χ4n) is 3.93. The molecule has 0 radical (unpaired) electrons. The third-order valence-corrected chi connectivity index (χ3v) is 5.64. The number of guanidine groups is 2. The van der Waals surface area contributed by atoms with Gasteiger partial charge in [-0.1, -0.05) is 18.2 Å². The van der Waals surface area contributed by atoms with Crippen LogP contribution >= 0.6 is 0 Å². The van der Waals surface area contributed by atoms with Gasteiger partial charge in [-0.15, -0.1) is 0 Å². The van der Waals surface area contributed by atoms with Crippen LogP contribution in [0, 0.1) is 0 Å². The molecule has 4 rings (SSSR count). The van der Waals surface area contributed by atoms with E-state index >= 15 is 0 Å². The summed E-state index contributed by atoms with van der Waals surface area (Å²) in [5, 5.41) is 12.0. The number of carbonyl (C=O) groups excluding carboxylic acids is 1. The number of nitrogens with zero attached hydrogens (tertiary/aromatic N) is 4. The summed E-state index contributed by atoms with van der Waals surface area (Å²) >= 11 is 0. The minimum atomic E-state index is -1.23. The molecular formula is C21H22N8O5. The van der Waals surface area contributed by atoms with Crippen LogP contribution in [0.1, 0.15) is 23.1 Å². The fourth-order valence-corrected chi connectivity index (χ4v) is 3.93. The number of fused-ring (bicyclic) bond motifs is 1. The molecule has 2 heterocycles. The summed E-state index contributed by atoms with van der Waals surface area (Å²) in [6, 6.07) is 4.49. The number of amides is 1. The lowest BCUT2D eigenvalue weighted by molar-refractivity contribution is -0.138. The van der Waals surface area contributed by atoms with Crippen molar-refractivity contribution in [3.05, 3.63) is 55.3 Å². The van der Waals surface area contributed by atoms with Crippen molar-refractivity contribution < 1.29 is 14.7 Å². The second-order valence-electron chi connectivity index (χ2n) is 7.96. The van der Waals surface area contributed by atoms with Gasteiger partial charge < -0.3 is 32.5 Å². The Morgan fingerprint density at radius 3 is 2.65 bits per heavy atom. The minimum absolute atomic E-state index is 0.00609. The van der Waals surface area contributed by atoms with Crippen LogP contribution in [0.25, 0.3) is 0 Å². The highest BCUT2D eigenvalue weighted by Crippen LogP contribution is 2.26. The molecule has 0 aliphatic carbocycles. The normalized spacial score (nSPS) is 17.4. The van der Waals surface area contributed by atoms with Crippen LogP contribution in [-0.4, -0.2) is 47.2 Å². The van der Waals surface area contributed by atoms with Gasteiger partial charge in [0.15, 0.2) is 12.0 Å². The van der Waals surface area contributed by atoms with Gasteiger partial charge in [-0.2, -0.15) is 4.99 Å². The smallest absolute Gasteiger partial charge is 0.328 e. The molecule has 2 aliphatic rings. The molecule has 13 heteroatoms. The Hall–Kier alpha value is -4.55. The molecule has 2 aromatic rings. The molecular weight excluding hydrogens is 444 g/mol. The Bertz CT molecular complexity index is 1350. The Balaban J connectivity index is 1.45. The van der Waals surface area contributed by atoms with E-state index in [0.29, 0.717) is 19.5 Å². The predicted molar refractivity (Wildman–Crippen MR) is 126 cm³/mol. The Morgan fingerprint density at radius 2 is 1.97 bits per heavy atom. The molecule has 1 amide bonds. The average Bonchev–Trinajstić information content (AvgIpc) is 2.81. The maximum atomic E-state index is 12.7. The van der Waals surface area contributed by atoms with E-state index < -0.39 is 28.8 Å². The number of anilines is 2. The van der Waals surface area contributed by atoms with Gasteiger partial charge in [-0.3, -0.25) is 14.4 Å². The summed E-state index contributed by atoms with van der Waals surface area (Å²) in [6.07, 6.45) is 0.480. The standard InChI is InChI=1S/C21H22N8O5/c22-14-15(17(31)16(14)30)29-4-3-10-2-1-9(5-11(10)8-29)7-25-18(32)12-6-13(19(33)34)27-21(26-12)28-20(23)24/h1-2,5,13H,3-4,6-8,22H2,(H,25,32)(H,33,34)(H4,23,24,27,28). The van der Waals surface area contributed by atoms with Gasteiger partial charge >= 0.3 is 5.97 Å². The van der Waals surface area contributed by atoms with Crippen LogP contribution in [0.2, 0.25) is 0 Å². The second kappa shape index (κ2) is 8.77. The first-order chi connectivity index (χ1) is 16.1. The van der Waals surface area contributed by atoms with Crippen molar-refractivity contribution >= 4 is 40.9 Å². The first kappa shape index (κ1) is 22.6. The zero-order chi connectivity index (χ0) is 24.6. The number of benzene rings is 1. The van der Waals surface area contributed by atoms with E-state index in [4.69, 9.17) is 17.2 Å². The van der Waals surface area contributed by atoms with Gasteiger partial charge in [0.25, 0.3) is 16.8 Å². The highest BCUT2D eigenvalue weighted by Gasteiger charge is 2.29. The molecule has 13 nitrogen and oxygen atoms in total. The molecule has 34 heavy (non-hydrogen) atoms. The molecule has 0 fully saturated rings. The van der Waals surface area contributed by atoms with Crippen LogP contribution in [0.3, 0.4) is 0 Å². The molecule has 0 aromatic heterocycles. The van der Waals surface area contributed by atoms with Crippen molar-refractivity contribution in [2.24, 2.45) is 26.4 Å². The van der Waals surface area contributed by atoms with Crippen molar-refractivity contribution in [1.29, 1.82) is 0 Å². The number of nitrogens with two attached hydrogens (primary N) is 3. The van der Waals surface area contributed by atoms with Crippen molar-refractivity contribution in [3.63, 3.8) is 0 Å². The Kier molecular flexibility index (Phi) is 5.84. The molecule has 2 aromatic carbocycles. The summed E-state index contributed by atoms with van der Waals surface area (Å²) in [5.74, 6) is -2.44. The molecule has 0 bridgehead atoms. The summed E-state index contributed by atoms with van der Waals surface area (Å²) in [6.45, 7) is 1.14. The van der Waals surface area contributed by atoms with Crippen molar-refractivity contribution in [3.8, 4) is 0 Å². The Labute approximate surface area is 192 Å². The zero-order valence-electron chi connectivity index (χ0n) is 17.9. The topological polar surface area (TPSA) is 219 Å². The summed E-state index contributed by atoms with van der Waals surface area (Å²) in [7, 11) is 0. The molecule has 8 N–H and O–H groups in total. The third kappa shape index (κ3) is 4.35. The minimum Gasteiger partial charge on any atom is -0.480 e. The maximum absolute atomic E-state index is 12.7. The zero-order valence-corrected chi connectivity index (χ0v) is 17.9. The van der Waals surface area contributed by atoms with Gasteiger partial charge in [0.2, 0.25) is 5.96 Å². The van der Waals surface area contributed by atoms with E-state index in [1.807, 2.05) is 18.2 Å². The van der Waals surface area contributed by atoms with Crippen molar-refractivity contribution in [2.45, 2.75) is 32.0 Å². The van der Waals surface area contributed by atoms with Crippen molar-refractivity contribution in [2.75, 3.05) is 17.2 Å². The molecule has 1 atom stereocenters. The fraction of sp³-hybridized carbons (Fsp3) is 0.286. The number of nitrogens with one attached hydrogen (secondary N) is 1. The van der Waals surface area contributed by atoms with Gasteiger partial charge in [0.05, 0.1) is 0 Å². The Morgan fingerprint density at radius 1 is 1.21 bits per heavy atom. The number of rotatable bonds is 5. The number of carboxylic acids is 1. The first-order valence-corrected chi connectivity index (χ1v) is 10.3. The highest BCUT2D eigenvalue weighted by molar-refractivity contribution is 6.41. The summed E-state index contributed by atoms with van der Waals surface area (Å²) in [4.78, 5) is 60.6. The average molecular weight is 466 g/mol. The number of carbonyl (C=O) groups is 2. The molecule has 176 valence electrons. The largest absolute Gasteiger partial charge is 0.480 e. The van der Waals surface area contributed by atoms with Crippen LogP contribution in [-0.2, 0) is 29.1 Å². The van der Waals surface area contributed by atoms with E-state index in [0.717, 1.165) is 16.7 Å². The van der Waals surface area contributed by atoms with Crippen LogP contribution in [0.4, 0.5) is 11.4 Å². The number of carboxylic acid groups (broad SMARTS) is 1. The van der Waals surface area contributed by atoms with Crippen LogP contribution in [0.5, 0.6) is 0 Å². The number of aliphatic imine (C=N–C) groups is 3. The molecule has 0 saturated carbocycles. The number of nitrogen functional groups attached to an aromatic ring is 1. The highest BCUT2D eigenvalue weighted by atomic mass is 16.4. The van der Waals surface area contributed by atoms with Gasteiger partial charge in [0, 0.05) is 26.1 Å². The quantitative estimate of drug-likeness (QED) is 0.186. The first-order valence-electron chi connectivity index (χ1n) is 10.3. The van der Waals surface area contributed by atoms with Crippen molar-refractivity contribution in [1.82, 2.24) is 5.32 Å². The van der Waals surface area contributed by atoms with Crippen LogP contribution in [0.15, 0.2) is 42.8 Å². The lowest BCUT2D eigenvalue weighted by atomic mass is 9.96. The number of hydrogen-bond donors (Lipinski definition) is 5. The lowest BCUT2D eigenvalue weighted by Crippen LogP contribution is -2.44. The molecule has 2 aliphatic heterocycles. The second-order valence-corrected chi connectivity index (χ2v) is 7.96. The summed E-state index contributed by atoms with van der Waals surface area (Å²) < 4.78 is 0. The van der Waals surface area contributed by atoms with Gasteiger partial charge in [-0.25, -0.2) is 14.8 Å². The predicted octanol–water partition coefficient (Wildman–Crippen LogP) is -2.03. The monoisotopic (exact) mass is 466 g/mol. The van der Waals surface area contributed by atoms with E-state index in [-0.39, 0.29) is 42.0 Å². The molecule has 0 saturated heterocycles. The van der Waals surface area contributed by atoms with E-state index in [9.17, 15) is 24.3 Å². The lowest BCUT2D eigenvalue weighted by Gasteiger charge is -2.32. The number of aliphatic carboxylic acids is 1. The van der Waals surface area contributed by atoms with E-state index in [1.165, 1.54) is 0 Å².